The van der Waals surface area contributed by atoms with Gasteiger partial charge in [-0.25, -0.2) is 0 Å². The fourth-order valence-electron chi connectivity index (χ4n) is 1.41. The van der Waals surface area contributed by atoms with E-state index in [2.05, 4.69) is 9.97 Å². The molecular formula is C10H11N3OS. The van der Waals surface area contributed by atoms with Crippen LogP contribution in [0, 0.1) is 4.77 Å². The SMILES string of the molecule is COC(c1ccccn1)n1cc[nH]c1=S. The summed E-state index contributed by atoms with van der Waals surface area (Å²) in [5.74, 6) is 0. The van der Waals surface area contributed by atoms with Gasteiger partial charge in [0.25, 0.3) is 0 Å². The van der Waals surface area contributed by atoms with Crippen molar-refractivity contribution in [2.75, 3.05) is 7.11 Å². The Balaban J connectivity index is 2.42. The largest absolute Gasteiger partial charge is 0.355 e. The summed E-state index contributed by atoms with van der Waals surface area (Å²) in [4.78, 5) is 7.16. The van der Waals surface area contributed by atoms with E-state index in [1.807, 2.05) is 29.0 Å². The Morgan fingerprint density at radius 3 is 2.93 bits per heavy atom. The van der Waals surface area contributed by atoms with Crippen LogP contribution in [-0.2, 0) is 4.74 Å². The van der Waals surface area contributed by atoms with E-state index < -0.39 is 0 Å². The molecule has 15 heavy (non-hydrogen) atoms. The highest BCUT2D eigenvalue weighted by Crippen LogP contribution is 2.16. The van der Waals surface area contributed by atoms with Gasteiger partial charge in [-0.15, -0.1) is 0 Å². The molecule has 2 aromatic rings. The first-order chi connectivity index (χ1) is 7.33. The number of nitrogens with one attached hydrogen (secondary N) is 1. The minimum atomic E-state index is -0.273. The maximum Gasteiger partial charge on any atom is 0.179 e. The van der Waals surface area contributed by atoms with E-state index in [-0.39, 0.29) is 6.23 Å². The molecule has 2 aromatic heterocycles. The molecule has 0 spiro atoms. The lowest BCUT2D eigenvalue weighted by atomic mass is 10.3. The molecule has 0 fully saturated rings. The van der Waals surface area contributed by atoms with Crippen LogP contribution < -0.4 is 0 Å². The van der Waals surface area contributed by atoms with Gasteiger partial charge in [0.15, 0.2) is 11.0 Å². The van der Waals surface area contributed by atoms with Crippen molar-refractivity contribution in [3.05, 3.63) is 47.3 Å². The van der Waals surface area contributed by atoms with Crippen LogP contribution in [0.25, 0.3) is 0 Å². The molecule has 0 aliphatic carbocycles. The van der Waals surface area contributed by atoms with E-state index in [4.69, 9.17) is 17.0 Å². The van der Waals surface area contributed by atoms with E-state index in [1.165, 1.54) is 0 Å². The molecule has 0 aliphatic rings. The van der Waals surface area contributed by atoms with Gasteiger partial charge in [0.2, 0.25) is 0 Å². The van der Waals surface area contributed by atoms with Gasteiger partial charge >= 0.3 is 0 Å². The molecule has 0 aliphatic heterocycles. The van der Waals surface area contributed by atoms with Gasteiger partial charge < -0.3 is 9.72 Å². The maximum absolute atomic E-state index is 5.38. The third-order valence-corrected chi connectivity index (χ3v) is 2.42. The molecular weight excluding hydrogens is 210 g/mol. The Morgan fingerprint density at radius 2 is 2.40 bits per heavy atom. The molecule has 1 unspecified atom stereocenters. The van der Waals surface area contributed by atoms with Crippen LogP contribution in [0.3, 0.4) is 0 Å². The first kappa shape index (κ1) is 10.1. The Labute approximate surface area is 92.5 Å². The van der Waals surface area contributed by atoms with Crippen molar-refractivity contribution in [1.29, 1.82) is 0 Å². The Kier molecular flexibility index (Phi) is 2.94. The molecule has 0 bridgehead atoms. The van der Waals surface area contributed by atoms with E-state index in [1.54, 1.807) is 19.5 Å². The normalized spacial score (nSPS) is 12.6. The van der Waals surface area contributed by atoms with Gasteiger partial charge in [0.05, 0.1) is 5.69 Å². The third-order valence-electron chi connectivity index (χ3n) is 2.09. The quantitative estimate of drug-likeness (QED) is 0.807. The number of hydrogen-bond donors (Lipinski definition) is 1. The third kappa shape index (κ3) is 1.98. The number of rotatable bonds is 3. The summed E-state index contributed by atoms with van der Waals surface area (Å²) in [5.41, 5.74) is 0.829. The van der Waals surface area contributed by atoms with Gasteiger partial charge in [-0.2, -0.15) is 0 Å². The highest BCUT2D eigenvalue weighted by molar-refractivity contribution is 7.71. The Morgan fingerprint density at radius 1 is 1.53 bits per heavy atom. The summed E-state index contributed by atoms with van der Waals surface area (Å²) in [5, 5.41) is 0. The van der Waals surface area contributed by atoms with Gasteiger partial charge in [0.1, 0.15) is 0 Å². The molecule has 2 rings (SSSR count). The molecule has 5 heteroatoms. The van der Waals surface area contributed by atoms with E-state index in [0.29, 0.717) is 4.77 Å². The van der Waals surface area contributed by atoms with E-state index in [0.717, 1.165) is 5.69 Å². The number of hydrogen-bond acceptors (Lipinski definition) is 3. The van der Waals surface area contributed by atoms with Crippen LogP contribution in [-0.4, -0.2) is 21.6 Å². The summed E-state index contributed by atoms with van der Waals surface area (Å²) in [7, 11) is 1.63. The van der Waals surface area contributed by atoms with Crippen LogP contribution in [0.4, 0.5) is 0 Å². The Hall–Kier alpha value is -1.46. The number of ether oxygens (including phenoxy) is 1. The second-order valence-electron chi connectivity index (χ2n) is 3.02. The zero-order valence-electron chi connectivity index (χ0n) is 8.25. The van der Waals surface area contributed by atoms with Crippen LogP contribution in [0.1, 0.15) is 11.9 Å². The van der Waals surface area contributed by atoms with Crippen molar-refractivity contribution in [1.82, 2.24) is 14.5 Å². The lowest BCUT2D eigenvalue weighted by Gasteiger charge is -2.15. The minimum absolute atomic E-state index is 0.273. The van der Waals surface area contributed by atoms with E-state index in [9.17, 15) is 0 Å². The molecule has 2 heterocycles. The number of aromatic nitrogens is 3. The number of aromatic amines is 1. The van der Waals surface area contributed by atoms with Crippen molar-refractivity contribution >= 4 is 12.2 Å². The molecule has 0 radical (unpaired) electrons. The number of imidazole rings is 1. The topological polar surface area (TPSA) is 42.8 Å². The van der Waals surface area contributed by atoms with Gasteiger partial charge in [-0.3, -0.25) is 9.55 Å². The van der Waals surface area contributed by atoms with Crippen LogP contribution in [0.15, 0.2) is 36.8 Å². The predicted octanol–water partition coefficient (Wildman–Crippen LogP) is 2.13. The number of pyridine rings is 1. The van der Waals surface area contributed by atoms with E-state index >= 15 is 0 Å². The molecule has 1 N–H and O–H groups in total. The summed E-state index contributed by atoms with van der Waals surface area (Å²) < 4.78 is 7.81. The minimum Gasteiger partial charge on any atom is -0.355 e. The van der Waals surface area contributed by atoms with Crippen LogP contribution in [0.5, 0.6) is 0 Å². The monoisotopic (exact) mass is 221 g/mol. The predicted molar refractivity (Wildman–Crippen MR) is 59.0 cm³/mol. The fourth-order valence-corrected chi connectivity index (χ4v) is 1.64. The lowest BCUT2D eigenvalue weighted by Crippen LogP contribution is -2.13. The molecule has 0 saturated carbocycles. The summed E-state index contributed by atoms with van der Waals surface area (Å²) >= 11 is 5.13. The van der Waals surface area contributed by atoms with Crippen molar-refractivity contribution < 1.29 is 4.74 Å². The first-order valence-corrected chi connectivity index (χ1v) is 4.93. The summed E-state index contributed by atoms with van der Waals surface area (Å²) in [6.07, 6.45) is 5.07. The molecule has 4 nitrogen and oxygen atoms in total. The van der Waals surface area contributed by atoms with Crippen molar-refractivity contribution in [3.8, 4) is 0 Å². The highest BCUT2D eigenvalue weighted by Gasteiger charge is 2.13. The number of H-pyrrole nitrogens is 1. The van der Waals surface area contributed by atoms with Crippen molar-refractivity contribution in [3.63, 3.8) is 0 Å². The molecule has 0 aromatic carbocycles. The summed E-state index contributed by atoms with van der Waals surface area (Å²) in [6.45, 7) is 0. The zero-order valence-corrected chi connectivity index (χ0v) is 9.07. The van der Waals surface area contributed by atoms with Crippen LogP contribution in [0.2, 0.25) is 0 Å². The molecule has 78 valence electrons. The second-order valence-corrected chi connectivity index (χ2v) is 3.40. The summed E-state index contributed by atoms with van der Waals surface area (Å²) in [6, 6.07) is 5.69. The van der Waals surface area contributed by atoms with Crippen molar-refractivity contribution in [2.24, 2.45) is 0 Å². The van der Waals surface area contributed by atoms with Gasteiger partial charge in [-0.1, -0.05) is 6.07 Å². The van der Waals surface area contributed by atoms with Gasteiger partial charge in [0, 0.05) is 25.7 Å². The van der Waals surface area contributed by atoms with Gasteiger partial charge in [-0.05, 0) is 24.4 Å². The smallest absolute Gasteiger partial charge is 0.179 e. The zero-order chi connectivity index (χ0) is 10.7. The molecule has 0 saturated heterocycles. The van der Waals surface area contributed by atoms with Crippen molar-refractivity contribution in [2.45, 2.75) is 6.23 Å². The van der Waals surface area contributed by atoms with Crippen LogP contribution >= 0.6 is 12.2 Å². The lowest BCUT2D eigenvalue weighted by molar-refractivity contribution is 0.0738. The fraction of sp³-hybridized carbons (Fsp3) is 0.200. The Bertz CT molecular complexity index is 477. The highest BCUT2D eigenvalue weighted by atomic mass is 32.1. The molecule has 0 amide bonds. The number of methoxy groups -OCH3 is 1. The standard InChI is InChI=1S/C10H11N3OS/c1-14-9(8-4-2-3-5-11-8)13-7-6-12-10(13)15/h2-7,9H,1H3,(H,12,15). The average molecular weight is 221 g/mol. The average Bonchev–Trinajstić information content (AvgIpc) is 2.68. The first-order valence-electron chi connectivity index (χ1n) is 4.52. The number of nitrogens with zero attached hydrogens (tertiary/aromatic N) is 2. The maximum atomic E-state index is 5.38. The second kappa shape index (κ2) is 4.37. The molecule has 1 atom stereocenters.